The Morgan fingerprint density at radius 1 is 1.21 bits per heavy atom. The molecule has 0 fully saturated rings. The summed E-state index contributed by atoms with van der Waals surface area (Å²) >= 11 is 1.61. The second-order valence-electron chi connectivity index (χ2n) is 4.77. The molecule has 2 heterocycles. The molecule has 0 radical (unpaired) electrons. The lowest BCUT2D eigenvalue weighted by Crippen LogP contribution is -2.04. The molecule has 0 saturated heterocycles. The predicted molar refractivity (Wildman–Crippen MR) is 78.4 cm³/mol. The number of benzene rings is 1. The van der Waals surface area contributed by atoms with Crippen molar-refractivity contribution >= 4 is 16.3 Å². The normalized spacial score (nSPS) is 13.1. The monoisotopic (exact) mass is 272 g/mol. The van der Waals surface area contributed by atoms with Gasteiger partial charge in [0.05, 0.1) is 11.4 Å². The summed E-state index contributed by atoms with van der Waals surface area (Å²) in [5.74, 6) is 0. The average Bonchev–Trinajstić information content (AvgIpc) is 2.88. The lowest BCUT2D eigenvalue weighted by atomic mass is 10.0. The quantitative estimate of drug-likeness (QED) is 0.780. The van der Waals surface area contributed by atoms with E-state index in [0.717, 1.165) is 32.5 Å². The van der Waals surface area contributed by atoms with Crippen LogP contribution in [0.3, 0.4) is 0 Å². The summed E-state index contributed by atoms with van der Waals surface area (Å²) in [7, 11) is 0. The summed E-state index contributed by atoms with van der Waals surface area (Å²) in [5.41, 5.74) is 10.2. The minimum absolute atomic E-state index is 0.0601. The van der Waals surface area contributed by atoms with Crippen molar-refractivity contribution in [2.45, 2.75) is 26.8 Å². The van der Waals surface area contributed by atoms with E-state index in [2.05, 4.69) is 34.3 Å². The van der Waals surface area contributed by atoms with E-state index >= 15 is 0 Å². The number of imidazole rings is 1. The molecule has 1 unspecified atom stereocenters. The fraction of sp³-hybridized carbons (Fsp3) is 0.286. The van der Waals surface area contributed by atoms with Crippen molar-refractivity contribution < 1.29 is 0 Å². The number of nitrogens with two attached hydrogens (primary N) is 1. The van der Waals surface area contributed by atoms with Gasteiger partial charge < -0.3 is 5.73 Å². The highest BCUT2D eigenvalue weighted by Gasteiger charge is 2.13. The Balaban J connectivity index is 2.08. The van der Waals surface area contributed by atoms with Gasteiger partial charge >= 0.3 is 0 Å². The molecule has 0 saturated carbocycles. The fourth-order valence-electron chi connectivity index (χ4n) is 2.16. The molecule has 1 atom stereocenters. The van der Waals surface area contributed by atoms with Gasteiger partial charge in [-0.05, 0) is 26.3 Å². The molecule has 0 aliphatic rings. The first-order valence-electron chi connectivity index (χ1n) is 6.25. The zero-order valence-corrected chi connectivity index (χ0v) is 12.0. The second kappa shape index (κ2) is 4.43. The van der Waals surface area contributed by atoms with Crippen molar-refractivity contribution in [3.05, 3.63) is 40.5 Å². The lowest BCUT2D eigenvalue weighted by Gasteiger charge is -2.06. The Morgan fingerprint density at radius 2 is 1.89 bits per heavy atom. The maximum absolute atomic E-state index is 5.87. The maximum Gasteiger partial charge on any atom is 0.212 e. The van der Waals surface area contributed by atoms with Gasteiger partial charge in [-0.15, -0.1) is 0 Å². The molecule has 3 rings (SSSR count). The van der Waals surface area contributed by atoms with Gasteiger partial charge in [0.2, 0.25) is 4.96 Å². The van der Waals surface area contributed by atoms with Crippen molar-refractivity contribution in [2.75, 3.05) is 0 Å². The van der Waals surface area contributed by atoms with Crippen LogP contribution >= 0.6 is 11.3 Å². The zero-order chi connectivity index (χ0) is 13.6. The van der Waals surface area contributed by atoms with Gasteiger partial charge in [0.1, 0.15) is 5.01 Å². The van der Waals surface area contributed by atoms with Gasteiger partial charge in [0, 0.05) is 11.6 Å². The highest BCUT2D eigenvalue weighted by atomic mass is 32.1. The highest BCUT2D eigenvalue weighted by molar-refractivity contribution is 7.16. The number of fused-ring (bicyclic) bond motifs is 1. The topological polar surface area (TPSA) is 56.2 Å². The van der Waals surface area contributed by atoms with Crippen LogP contribution in [0.5, 0.6) is 0 Å². The SMILES string of the molecule is Cc1nn2c(C)c(-c3ccc(C(C)N)cc3)nc2s1. The van der Waals surface area contributed by atoms with E-state index in [-0.39, 0.29) is 6.04 Å². The molecular weight excluding hydrogens is 256 g/mol. The molecule has 0 amide bonds. The van der Waals surface area contributed by atoms with Crippen molar-refractivity contribution in [3.63, 3.8) is 0 Å². The molecule has 98 valence electrons. The summed E-state index contributed by atoms with van der Waals surface area (Å²) in [6, 6.07) is 8.33. The summed E-state index contributed by atoms with van der Waals surface area (Å²) in [6.07, 6.45) is 0. The molecule has 2 N–H and O–H groups in total. The minimum Gasteiger partial charge on any atom is -0.324 e. The molecule has 0 aliphatic carbocycles. The third-order valence-corrected chi connectivity index (χ3v) is 4.06. The van der Waals surface area contributed by atoms with Crippen molar-refractivity contribution in [2.24, 2.45) is 5.73 Å². The number of rotatable bonds is 2. The number of aryl methyl sites for hydroxylation is 2. The van der Waals surface area contributed by atoms with Gasteiger partial charge in [-0.25, -0.2) is 9.50 Å². The predicted octanol–water partition coefficient (Wildman–Crippen LogP) is 3.09. The molecule has 1 aromatic carbocycles. The van der Waals surface area contributed by atoms with Crippen LogP contribution in [0, 0.1) is 13.8 Å². The van der Waals surface area contributed by atoms with E-state index in [9.17, 15) is 0 Å². The number of hydrogen-bond donors (Lipinski definition) is 1. The Kier molecular flexibility index (Phi) is 2.88. The van der Waals surface area contributed by atoms with Crippen LogP contribution in [0.4, 0.5) is 0 Å². The first kappa shape index (κ1) is 12.3. The zero-order valence-electron chi connectivity index (χ0n) is 11.2. The van der Waals surface area contributed by atoms with Crippen molar-refractivity contribution in [3.8, 4) is 11.3 Å². The van der Waals surface area contributed by atoms with E-state index in [1.807, 2.05) is 25.3 Å². The molecule has 0 aliphatic heterocycles. The second-order valence-corrected chi connectivity index (χ2v) is 5.93. The number of hydrogen-bond acceptors (Lipinski definition) is 4. The summed E-state index contributed by atoms with van der Waals surface area (Å²) in [5, 5.41) is 5.49. The third-order valence-electron chi connectivity index (χ3n) is 3.24. The molecule has 4 nitrogen and oxygen atoms in total. The molecule has 5 heteroatoms. The standard InChI is InChI=1S/C14H16N4S/c1-8(15)11-4-6-12(7-5-11)13-9(2)18-14(16-13)19-10(3)17-18/h4-8H,15H2,1-3H3. The molecule has 19 heavy (non-hydrogen) atoms. The Hall–Kier alpha value is -1.72. The first-order chi connectivity index (χ1) is 9.06. The van der Waals surface area contributed by atoms with Crippen LogP contribution in [0.1, 0.15) is 29.2 Å². The van der Waals surface area contributed by atoms with Crippen LogP contribution in [-0.2, 0) is 0 Å². The Bertz CT molecular complexity index is 722. The Morgan fingerprint density at radius 3 is 2.47 bits per heavy atom. The summed E-state index contributed by atoms with van der Waals surface area (Å²) in [4.78, 5) is 5.61. The van der Waals surface area contributed by atoms with Gasteiger partial charge in [-0.3, -0.25) is 0 Å². The van der Waals surface area contributed by atoms with Crippen LogP contribution < -0.4 is 5.73 Å². The van der Waals surface area contributed by atoms with E-state index in [1.54, 1.807) is 11.3 Å². The van der Waals surface area contributed by atoms with Crippen LogP contribution in [-0.4, -0.2) is 14.6 Å². The van der Waals surface area contributed by atoms with Crippen molar-refractivity contribution in [1.82, 2.24) is 14.6 Å². The Labute approximate surface area is 115 Å². The highest BCUT2D eigenvalue weighted by Crippen LogP contribution is 2.27. The van der Waals surface area contributed by atoms with Gasteiger partial charge in [0.25, 0.3) is 0 Å². The van der Waals surface area contributed by atoms with E-state index in [4.69, 9.17) is 5.73 Å². The van der Waals surface area contributed by atoms with Crippen LogP contribution in [0.2, 0.25) is 0 Å². The number of nitrogens with zero attached hydrogens (tertiary/aromatic N) is 3. The van der Waals surface area contributed by atoms with E-state index < -0.39 is 0 Å². The van der Waals surface area contributed by atoms with Crippen LogP contribution in [0.25, 0.3) is 16.2 Å². The summed E-state index contributed by atoms with van der Waals surface area (Å²) in [6.45, 7) is 6.03. The maximum atomic E-state index is 5.87. The lowest BCUT2D eigenvalue weighted by molar-refractivity contribution is 0.818. The molecule has 0 spiro atoms. The smallest absolute Gasteiger partial charge is 0.212 e. The minimum atomic E-state index is 0.0601. The molecule has 3 aromatic rings. The van der Waals surface area contributed by atoms with E-state index in [0.29, 0.717) is 0 Å². The van der Waals surface area contributed by atoms with E-state index in [1.165, 1.54) is 0 Å². The van der Waals surface area contributed by atoms with Gasteiger partial charge in [0.15, 0.2) is 0 Å². The molecular formula is C14H16N4S. The van der Waals surface area contributed by atoms with Crippen molar-refractivity contribution in [1.29, 1.82) is 0 Å². The largest absolute Gasteiger partial charge is 0.324 e. The third kappa shape index (κ3) is 2.05. The molecule has 0 bridgehead atoms. The molecule has 2 aromatic heterocycles. The number of aromatic nitrogens is 3. The van der Waals surface area contributed by atoms with Gasteiger partial charge in [-0.2, -0.15) is 5.10 Å². The first-order valence-corrected chi connectivity index (χ1v) is 7.06. The fourth-order valence-corrected chi connectivity index (χ4v) is 2.95. The average molecular weight is 272 g/mol. The van der Waals surface area contributed by atoms with Gasteiger partial charge in [-0.1, -0.05) is 35.6 Å². The summed E-state index contributed by atoms with van der Waals surface area (Å²) < 4.78 is 1.91. The van der Waals surface area contributed by atoms with Crippen LogP contribution in [0.15, 0.2) is 24.3 Å².